The zero-order chi connectivity index (χ0) is 19.1. The highest BCUT2D eigenvalue weighted by atomic mass is 14.2. The van der Waals surface area contributed by atoms with Gasteiger partial charge >= 0.3 is 0 Å². The maximum atomic E-state index is 2.38. The molecule has 0 saturated heterocycles. The van der Waals surface area contributed by atoms with Crippen molar-refractivity contribution in [2.24, 2.45) is 11.8 Å². The smallest absolute Gasteiger partial charge is 0.0231 e. The standard InChI is InChI=1S/C25H44/c1-8-14-24(11-4)18-19-25(15-9-2)17-13-12-16-22(6)23(7)20-21(5)10-3/h8,10-11,14,20,22,25H,9,12-13,15-19H2,1-7H3/b14-8-,21-10-,23-20+,24-11+. The second-order valence-electron chi connectivity index (χ2n) is 7.66. The second kappa shape index (κ2) is 15.2. The van der Waals surface area contributed by atoms with Crippen LogP contribution >= 0.6 is 0 Å². The second-order valence-corrected chi connectivity index (χ2v) is 7.66. The zero-order valence-corrected chi connectivity index (χ0v) is 18.2. The van der Waals surface area contributed by atoms with Crippen LogP contribution in [0, 0.1) is 11.8 Å². The van der Waals surface area contributed by atoms with E-state index >= 15 is 0 Å². The first kappa shape index (κ1) is 24.0. The molecule has 0 heteroatoms. The summed E-state index contributed by atoms with van der Waals surface area (Å²) in [6, 6.07) is 0. The molecule has 0 aromatic rings. The molecule has 0 aromatic heterocycles. The number of unbranched alkanes of at least 4 members (excludes halogenated alkanes) is 1. The van der Waals surface area contributed by atoms with E-state index in [9.17, 15) is 0 Å². The Kier molecular flexibility index (Phi) is 14.6. The van der Waals surface area contributed by atoms with E-state index in [0.29, 0.717) is 5.92 Å². The molecule has 0 aliphatic heterocycles. The minimum atomic E-state index is 0.712. The lowest BCUT2D eigenvalue weighted by Gasteiger charge is -2.17. The van der Waals surface area contributed by atoms with E-state index in [-0.39, 0.29) is 0 Å². The highest BCUT2D eigenvalue weighted by Gasteiger charge is 2.10. The minimum Gasteiger partial charge on any atom is -0.0874 e. The SMILES string of the molecule is C/C=C\C(=C/C)CCC(CCC)CCCCC(C)/C(C)=C/C(C)=C\C. The van der Waals surface area contributed by atoms with Crippen molar-refractivity contribution < 1.29 is 0 Å². The molecule has 0 saturated carbocycles. The first-order valence-corrected chi connectivity index (χ1v) is 10.6. The van der Waals surface area contributed by atoms with Gasteiger partial charge in [0.2, 0.25) is 0 Å². The molecule has 0 aliphatic carbocycles. The number of allylic oxidation sites excluding steroid dienone is 8. The van der Waals surface area contributed by atoms with Gasteiger partial charge in [0.05, 0.1) is 0 Å². The molecule has 0 radical (unpaired) electrons. The summed E-state index contributed by atoms with van der Waals surface area (Å²) in [4.78, 5) is 0. The Labute approximate surface area is 159 Å². The van der Waals surface area contributed by atoms with Gasteiger partial charge in [-0.25, -0.2) is 0 Å². The fourth-order valence-electron chi connectivity index (χ4n) is 3.45. The van der Waals surface area contributed by atoms with Crippen LogP contribution in [0.2, 0.25) is 0 Å². The van der Waals surface area contributed by atoms with Crippen LogP contribution in [0.5, 0.6) is 0 Å². The third-order valence-electron chi connectivity index (χ3n) is 5.48. The van der Waals surface area contributed by atoms with Gasteiger partial charge in [-0.2, -0.15) is 0 Å². The van der Waals surface area contributed by atoms with E-state index in [2.05, 4.69) is 78.8 Å². The summed E-state index contributed by atoms with van der Waals surface area (Å²) >= 11 is 0. The van der Waals surface area contributed by atoms with E-state index in [1.165, 1.54) is 68.1 Å². The van der Waals surface area contributed by atoms with E-state index in [1.54, 1.807) is 0 Å². The van der Waals surface area contributed by atoms with Crippen LogP contribution in [0.3, 0.4) is 0 Å². The summed E-state index contributed by atoms with van der Waals surface area (Å²) in [6.07, 6.45) is 22.0. The molecule has 0 amide bonds. The minimum absolute atomic E-state index is 0.712. The maximum Gasteiger partial charge on any atom is -0.0231 e. The molecule has 0 rings (SSSR count). The van der Waals surface area contributed by atoms with Crippen molar-refractivity contribution in [2.45, 2.75) is 99.8 Å². The van der Waals surface area contributed by atoms with Crippen LogP contribution < -0.4 is 0 Å². The molecular weight excluding hydrogens is 300 g/mol. The third-order valence-corrected chi connectivity index (χ3v) is 5.48. The van der Waals surface area contributed by atoms with Gasteiger partial charge in [0, 0.05) is 0 Å². The van der Waals surface area contributed by atoms with Gasteiger partial charge in [0.15, 0.2) is 0 Å². The lowest BCUT2D eigenvalue weighted by Crippen LogP contribution is -2.02. The number of hydrogen-bond donors (Lipinski definition) is 0. The summed E-state index contributed by atoms with van der Waals surface area (Å²) in [5.41, 5.74) is 4.41. The molecule has 25 heavy (non-hydrogen) atoms. The normalized spacial score (nSPS) is 16.5. The summed E-state index contributed by atoms with van der Waals surface area (Å²) < 4.78 is 0. The Morgan fingerprint density at radius 1 is 0.880 bits per heavy atom. The van der Waals surface area contributed by atoms with Crippen LogP contribution in [0.1, 0.15) is 99.8 Å². The lowest BCUT2D eigenvalue weighted by atomic mass is 9.88. The topological polar surface area (TPSA) is 0 Å². The van der Waals surface area contributed by atoms with Crippen LogP contribution in [0.25, 0.3) is 0 Å². The summed E-state index contributed by atoms with van der Waals surface area (Å²) in [5, 5.41) is 0. The highest BCUT2D eigenvalue weighted by Crippen LogP contribution is 2.25. The molecule has 0 heterocycles. The maximum absolute atomic E-state index is 2.38. The number of rotatable bonds is 13. The Morgan fingerprint density at radius 2 is 1.56 bits per heavy atom. The third kappa shape index (κ3) is 12.0. The van der Waals surface area contributed by atoms with Gasteiger partial charge in [-0.05, 0) is 65.7 Å². The summed E-state index contributed by atoms with van der Waals surface area (Å²) in [7, 11) is 0. The van der Waals surface area contributed by atoms with Crippen molar-refractivity contribution in [1.29, 1.82) is 0 Å². The van der Waals surface area contributed by atoms with Gasteiger partial charge in [0.25, 0.3) is 0 Å². The molecule has 0 bridgehead atoms. The summed E-state index contributed by atoms with van der Waals surface area (Å²) in [5.74, 6) is 1.62. The Hall–Kier alpha value is -1.04. The largest absolute Gasteiger partial charge is 0.0874 e. The monoisotopic (exact) mass is 344 g/mol. The average Bonchev–Trinajstić information content (AvgIpc) is 2.61. The molecule has 0 nitrogen and oxygen atoms in total. The van der Waals surface area contributed by atoms with Gasteiger partial charge in [0.1, 0.15) is 0 Å². The molecule has 0 spiro atoms. The summed E-state index contributed by atoms with van der Waals surface area (Å²) in [6.45, 7) is 15.6. The van der Waals surface area contributed by atoms with Crippen LogP contribution in [0.4, 0.5) is 0 Å². The molecule has 2 atom stereocenters. The fourth-order valence-corrected chi connectivity index (χ4v) is 3.45. The van der Waals surface area contributed by atoms with E-state index in [1.807, 2.05) is 0 Å². The first-order chi connectivity index (χ1) is 12.0. The highest BCUT2D eigenvalue weighted by molar-refractivity contribution is 5.21. The predicted octanol–water partition coefficient (Wildman–Crippen LogP) is 8.81. The zero-order valence-electron chi connectivity index (χ0n) is 18.2. The van der Waals surface area contributed by atoms with Crippen LogP contribution in [0.15, 0.2) is 47.1 Å². The van der Waals surface area contributed by atoms with E-state index in [4.69, 9.17) is 0 Å². The first-order valence-electron chi connectivity index (χ1n) is 10.6. The molecule has 0 fully saturated rings. The van der Waals surface area contributed by atoms with Crippen LogP contribution in [-0.4, -0.2) is 0 Å². The van der Waals surface area contributed by atoms with Crippen molar-refractivity contribution in [2.75, 3.05) is 0 Å². The van der Waals surface area contributed by atoms with E-state index in [0.717, 1.165) is 5.92 Å². The van der Waals surface area contributed by atoms with E-state index < -0.39 is 0 Å². The number of hydrogen-bond acceptors (Lipinski definition) is 0. The van der Waals surface area contributed by atoms with Crippen molar-refractivity contribution >= 4 is 0 Å². The van der Waals surface area contributed by atoms with Gasteiger partial charge in [-0.15, -0.1) is 0 Å². The Balaban J connectivity index is 4.25. The Morgan fingerprint density at radius 3 is 2.12 bits per heavy atom. The fraction of sp³-hybridized carbons (Fsp3) is 0.680. The van der Waals surface area contributed by atoms with Gasteiger partial charge < -0.3 is 0 Å². The van der Waals surface area contributed by atoms with Crippen molar-refractivity contribution in [3.8, 4) is 0 Å². The van der Waals surface area contributed by atoms with Gasteiger partial charge in [-0.1, -0.05) is 93.1 Å². The van der Waals surface area contributed by atoms with Crippen molar-refractivity contribution in [3.05, 3.63) is 47.1 Å². The molecular formula is C25H44. The molecule has 144 valence electrons. The Bertz CT molecular complexity index is 445. The molecule has 2 unspecified atom stereocenters. The molecule has 0 aromatic carbocycles. The quantitative estimate of drug-likeness (QED) is 0.231. The predicted molar refractivity (Wildman–Crippen MR) is 117 cm³/mol. The van der Waals surface area contributed by atoms with Crippen molar-refractivity contribution in [3.63, 3.8) is 0 Å². The van der Waals surface area contributed by atoms with Crippen molar-refractivity contribution in [1.82, 2.24) is 0 Å². The molecule has 0 aliphatic rings. The van der Waals surface area contributed by atoms with Gasteiger partial charge in [-0.3, -0.25) is 0 Å². The lowest BCUT2D eigenvalue weighted by molar-refractivity contribution is 0.391. The average molecular weight is 345 g/mol. The van der Waals surface area contributed by atoms with Crippen LogP contribution in [-0.2, 0) is 0 Å². The molecule has 0 N–H and O–H groups in total.